The molecule has 0 aliphatic carbocycles. The second-order valence-electron chi connectivity index (χ2n) is 2.75. The molecule has 0 amide bonds. The fraction of sp³-hybridized carbons (Fsp3) is 0.400. The van der Waals surface area contributed by atoms with Crippen molar-refractivity contribution >= 4 is 5.69 Å². The van der Waals surface area contributed by atoms with Gasteiger partial charge in [0.1, 0.15) is 5.75 Å². The first-order valence-corrected chi connectivity index (χ1v) is 4.54. The Hall–Kier alpha value is -1.22. The minimum absolute atomic E-state index is 0.682. The SMILES string of the molecule is CCOc1cc(NN)ccc1CC. The number of ether oxygens (including phenoxy) is 1. The number of hydrogen-bond donors (Lipinski definition) is 2. The van der Waals surface area contributed by atoms with E-state index in [1.165, 1.54) is 5.56 Å². The average molecular weight is 180 g/mol. The molecule has 0 aliphatic rings. The van der Waals surface area contributed by atoms with Gasteiger partial charge in [0, 0.05) is 6.07 Å². The minimum atomic E-state index is 0.682. The van der Waals surface area contributed by atoms with Crippen molar-refractivity contribution in [3.8, 4) is 5.75 Å². The van der Waals surface area contributed by atoms with Crippen LogP contribution in [-0.4, -0.2) is 6.61 Å². The minimum Gasteiger partial charge on any atom is -0.494 e. The van der Waals surface area contributed by atoms with Crippen molar-refractivity contribution in [3.63, 3.8) is 0 Å². The van der Waals surface area contributed by atoms with Crippen LogP contribution in [0.3, 0.4) is 0 Å². The van der Waals surface area contributed by atoms with E-state index in [1.54, 1.807) is 0 Å². The molecule has 0 saturated heterocycles. The number of hydrazine groups is 1. The van der Waals surface area contributed by atoms with E-state index in [2.05, 4.69) is 12.3 Å². The van der Waals surface area contributed by atoms with Gasteiger partial charge in [-0.2, -0.15) is 0 Å². The third-order valence-corrected chi connectivity index (χ3v) is 1.91. The quantitative estimate of drug-likeness (QED) is 0.550. The standard InChI is InChI=1S/C10H16N2O/c1-3-8-5-6-9(12-11)7-10(8)13-4-2/h5-7,12H,3-4,11H2,1-2H3. The van der Waals surface area contributed by atoms with Gasteiger partial charge < -0.3 is 10.2 Å². The number of hydrogen-bond acceptors (Lipinski definition) is 3. The zero-order valence-electron chi connectivity index (χ0n) is 8.13. The van der Waals surface area contributed by atoms with Crippen molar-refractivity contribution in [3.05, 3.63) is 23.8 Å². The molecule has 13 heavy (non-hydrogen) atoms. The third kappa shape index (κ3) is 2.36. The van der Waals surface area contributed by atoms with Crippen molar-refractivity contribution in [1.82, 2.24) is 0 Å². The highest BCUT2D eigenvalue weighted by molar-refractivity contribution is 5.51. The summed E-state index contributed by atoms with van der Waals surface area (Å²) in [7, 11) is 0. The molecule has 0 fully saturated rings. The van der Waals surface area contributed by atoms with Crippen LogP contribution < -0.4 is 16.0 Å². The summed E-state index contributed by atoms with van der Waals surface area (Å²) in [5, 5.41) is 0. The summed E-state index contributed by atoms with van der Waals surface area (Å²) >= 11 is 0. The lowest BCUT2D eigenvalue weighted by Gasteiger charge is -2.10. The summed E-state index contributed by atoms with van der Waals surface area (Å²) in [6.45, 7) is 4.76. The van der Waals surface area contributed by atoms with Crippen LogP contribution in [0.2, 0.25) is 0 Å². The van der Waals surface area contributed by atoms with E-state index >= 15 is 0 Å². The zero-order valence-corrected chi connectivity index (χ0v) is 8.13. The van der Waals surface area contributed by atoms with E-state index < -0.39 is 0 Å². The van der Waals surface area contributed by atoms with Crippen LogP contribution in [0.5, 0.6) is 5.75 Å². The molecule has 0 radical (unpaired) electrons. The van der Waals surface area contributed by atoms with E-state index in [4.69, 9.17) is 10.6 Å². The highest BCUT2D eigenvalue weighted by Crippen LogP contribution is 2.23. The van der Waals surface area contributed by atoms with Crippen molar-refractivity contribution in [2.75, 3.05) is 12.0 Å². The first kappa shape index (κ1) is 9.86. The highest BCUT2D eigenvalue weighted by Gasteiger charge is 2.01. The van der Waals surface area contributed by atoms with Gasteiger partial charge >= 0.3 is 0 Å². The molecular weight excluding hydrogens is 164 g/mol. The normalized spacial score (nSPS) is 9.77. The molecule has 0 atom stereocenters. The molecule has 3 nitrogen and oxygen atoms in total. The lowest BCUT2D eigenvalue weighted by Crippen LogP contribution is -2.07. The maximum absolute atomic E-state index is 5.47. The third-order valence-electron chi connectivity index (χ3n) is 1.91. The molecule has 0 aromatic heterocycles. The molecule has 0 aliphatic heterocycles. The number of nitrogens with one attached hydrogen (secondary N) is 1. The van der Waals surface area contributed by atoms with Gasteiger partial charge in [0.15, 0.2) is 0 Å². The molecular formula is C10H16N2O. The first-order valence-electron chi connectivity index (χ1n) is 4.54. The second-order valence-corrected chi connectivity index (χ2v) is 2.75. The monoisotopic (exact) mass is 180 g/mol. The van der Waals surface area contributed by atoms with Crippen LogP contribution in [-0.2, 0) is 6.42 Å². The van der Waals surface area contributed by atoms with Gasteiger partial charge in [0.2, 0.25) is 0 Å². The summed E-state index contributed by atoms with van der Waals surface area (Å²) in [5.74, 6) is 6.22. The molecule has 0 unspecified atom stereocenters. The van der Waals surface area contributed by atoms with Crippen LogP contribution in [0.15, 0.2) is 18.2 Å². The summed E-state index contributed by atoms with van der Waals surface area (Å²) in [4.78, 5) is 0. The van der Waals surface area contributed by atoms with Crippen LogP contribution in [0, 0.1) is 0 Å². The molecule has 3 N–H and O–H groups in total. The van der Waals surface area contributed by atoms with Gasteiger partial charge in [-0.15, -0.1) is 0 Å². The van der Waals surface area contributed by atoms with Gasteiger partial charge in [0.25, 0.3) is 0 Å². The molecule has 72 valence electrons. The van der Waals surface area contributed by atoms with Crippen LogP contribution in [0.4, 0.5) is 5.69 Å². The number of aryl methyl sites for hydroxylation is 1. The fourth-order valence-corrected chi connectivity index (χ4v) is 1.23. The Bertz CT molecular complexity index is 274. The molecule has 0 spiro atoms. The molecule has 1 rings (SSSR count). The Morgan fingerprint density at radius 2 is 2.15 bits per heavy atom. The van der Waals surface area contributed by atoms with Gasteiger partial charge in [-0.05, 0) is 25.0 Å². The fourth-order valence-electron chi connectivity index (χ4n) is 1.23. The lowest BCUT2D eigenvalue weighted by molar-refractivity contribution is 0.337. The predicted octanol–water partition coefficient (Wildman–Crippen LogP) is 1.93. The van der Waals surface area contributed by atoms with Crippen molar-refractivity contribution in [1.29, 1.82) is 0 Å². The predicted molar refractivity (Wildman–Crippen MR) is 54.8 cm³/mol. The van der Waals surface area contributed by atoms with E-state index in [0.717, 1.165) is 17.9 Å². The summed E-state index contributed by atoms with van der Waals surface area (Å²) < 4.78 is 5.47. The molecule has 0 saturated carbocycles. The second kappa shape index (κ2) is 4.72. The average Bonchev–Trinajstić information content (AvgIpc) is 2.18. The van der Waals surface area contributed by atoms with Gasteiger partial charge in [-0.1, -0.05) is 13.0 Å². The Morgan fingerprint density at radius 1 is 1.38 bits per heavy atom. The summed E-state index contributed by atoms with van der Waals surface area (Å²) in [6, 6.07) is 5.89. The summed E-state index contributed by atoms with van der Waals surface area (Å²) in [6.07, 6.45) is 0.972. The highest BCUT2D eigenvalue weighted by atomic mass is 16.5. The number of benzene rings is 1. The van der Waals surface area contributed by atoms with Crippen LogP contribution in [0.25, 0.3) is 0 Å². The Kier molecular flexibility index (Phi) is 3.58. The van der Waals surface area contributed by atoms with Gasteiger partial charge in [0.05, 0.1) is 12.3 Å². The molecule has 0 bridgehead atoms. The number of rotatable bonds is 4. The van der Waals surface area contributed by atoms with E-state index in [0.29, 0.717) is 6.61 Å². The van der Waals surface area contributed by atoms with E-state index in [1.807, 2.05) is 25.1 Å². The van der Waals surface area contributed by atoms with Crippen LogP contribution in [0.1, 0.15) is 19.4 Å². The zero-order chi connectivity index (χ0) is 9.68. The Labute approximate surface area is 78.9 Å². The first-order chi connectivity index (χ1) is 6.31. The van der Waals surface area contributed by atoms with E-state index in [-0.39, 0.29) is 0 Å². The van der Waals surface area contributed by atoms with Crippen molar-refractivity contribution < 1.29 is 4.74 Å². The Morgan fingerprint density at radius 3 is 2.69 bits per heavy atom. The molecule has 0 heterocycles. The smallest absolute Gasteiger partial charge is 0.124 e. The van der Waals surface area contributed by atoms with Crippen molar-refractivity contribution in [2.24, 2.45) is 5.84 Å². The molecule has 1 aromatic rings. The maximum atomic E-state index is 5.47. The van der Waals surface area contributed by atoms with Crippen LogP contribution >= 0.6 is 0 Å². The van der Waals surface area contributed by atoms with Crippen molar-refractivity contribution in [2.45, 2.75) is 20.3 Å². The summed E-state index contributed by atoms with van der Waals surface area (Å²) in [5.41, 5.74) is 4.68. The largest absolute Gasteiger partial charge is 0.494 e. The van der Waals surface area contributed by atoms with Gasteiger partial charge in [-0.25, -0.2) is 0 Å². The maximum Gasteiger partial charge on any atom is 0.124 e. The topological polar surface area (TPSA) is 47.3 Å². The molecule has 3 heteroatoms. The van der Waals surface area contributed by atoms with Gasteiger partial charge in [-0.3, -0.25) is 5.84 Å². The molecule has 1 aromatic carbocycles. The lowest BCUT2D eigenvalue weighted by atomic mass is 10.1. The number of anilines is 1. The van der Waals surface area contributed by atoms with E-state index in [9.17, 15) is 0 Å². The number of nitrogens with two attached hydrogens (primary N) is 1. The Balaban J connectivity index is 2.95. The number of nitrogen functional groups attached to an aromatic ring is 1.